The molecule has 190 valence electrons. The fraction of sp³-hybridized carbons (Fsp3) is 0.200. The lowest BCUT2D eigenvalue weighted by atomic mass is 10.1. The molecule has 1 amide bonds. The fourth-order valence-electron chi connectivity index (χ4n) is 3.85. The van der Waals surface area contributed by atoms with E-state index in [0.29, 0.717) is 16.0 Å². The van der Waals surface area contributed by atoms with Gasteiger partial charge in [-0.3, -0.25) is 4.79 Å². The van der Waals surface area contributed by atoms with E-state index in [9.17, 15) is 18.0 Å². The van der Waals surface area contributed by atoms with Gasteiger partial charge in [-0.25, -0.2) is 15.0 Å². The van der Waals surface area contributed by atoms with Crippen molar-refractivity contribution in [3.8, 4) is 17.2 Å². The number of halogens is 3. The maximum Gasteiger partial charge on any atom is 0.433 e. The summed E-state index contributed by atoms with van der Waals surface area (Å²) in [4.78, 5) is 25.7. The summed E-state index contributed by atoms with van der Waals surface area (Å²) in [6, 6.07) is 12.1. The van der Waals surface area contributed by atoms with Gasteiger partial charge in [-0.1, -0.05) is 12.1 Å². The molecule has 0 spiro atoms. The Hall–Kier alpha value is -4.03. The molecule has 5 aromatic rings. The third-order valence-corrected chi connectivity index (χ3v) is 6.62. The minimum Gasteiger partial charge on any atom is -0.494 e. The van der Waals surface area contributed by atoms with Crippen LogP contribution in [0.1, 0.15) is 39.9 Å². The van der Waals surface area contributed by atoms with Gasteiger partial charge in [0.2, 0.25) is 5.89 Å². The van der Waals surface area contributed by atoms with Crippen LogP contribution in [-0.2, 0) is 12.7 Å². The van der Waals surface area contributed by atoms with E-state index in [4.69, 9.17) is 14.9 Å². The number of nitrogens with two attached hydrogens (primary N) is 1. The van der Waals surface area contributed by atoms with E-state index in [2.05, 4.69) is 20.3 Å². The van der Waals surface area contributed by atoms with Gasteiger partial charge >= 0.3 is 6.18 Å². The predicted octanol–water partition coefficient (Wildman–Crippen LogP) is 5.48. The highest BCUT2D eigenvalue weighted by Crippen LogP contribution is 2.37. The van der Waals surface area contributed by atoms with Crippen LogP contribution < -0.4 is 15.8 Å². The summed E-state index contributed by atoms with van der Waals surface area (Å²) in [7, 11) is 1.34. The molecule has 0 saturated heterocycles. The molecule has 3 N–H and O–H groups in total. The van der Waals surface area contributed by atoms with Crippen LogP contribution in [0.3, 0.4) is 0 Å². The molecule has 12 heteroatoms. The number of nitrogens with one attached hydrogen (secondary N) is 1. The van der Waals surface area contributed by atoms with Gasteiger partial charge in [-0.2, -0.15) is 13.2 Å². The minimum absolute atomic E-state index is 0.0165. The van der Waals surface area contributed by atoms with Crippen LogP contribution in [0.2, 0.25) is 0 Å². The van der Waals surface area contributed by atoms with Crippen LogP contribution in [-0.4, -0.2) is 28.0 Å². The van der Waals surface area contributed by atoms with Gasteiger partial charge in [0.25, 0.3) is 5.91 Å². The van der Waals surface area contributed by atoms with Gasteiger partial charge in [-0.05, 0) is 43.3 Å². The number of aromatic nitrogens is 3. The number of rotatable bonds is 6. The van der Waals surface area contributed by atoms with Gasteiger partial charge in [-0.15, -0.1) is 11.3 Å². The summed E-state index contributed by atoms with van der Waals surface area (Å²) in [5.74, 6) is -0.207. The summed E-state index contributed by atoms with van der Waals surface area (Å²) >= 11 is 1.46. The second-order valence-corrected chi connectivity index (χ2v) is 9.30. The van der Waals surface area contributed by atoms with Gasteiger partial charge < -0.3 is 20.2 Å². The van der Waals surface area contributed by atoms with Crippen molar-refractivity contribution < 1.29 is 27.1 Å². The zero-order chi connectivity index (χ0) is 26.3. The molecule has 0 saturated carbocycles. The van der Waals surface area contributed by atoms with Crippen molar-refractivity contribution in [3.63, 3.8) is 0 Å². The highest BCUT2D eigenvalue weighted by Gasteiger charge is 2.33. The van der Waals surface area contributed by atoms with Crippen molar-refractivity contribution in [2.45, 2.75) is 25.7 Å². The fourth-order valence-corrected chi connectivity index (χ4v) is 4.76. The number of nitrogens with zero attached hydrogens (tertiary/aromatic N) is 3. The number of amides is 1. The molecule has 0 aliphatic rings. The largest absolute Gasteiger partial charge is 0.494 e. The predicted molar refractivity (Wildman–Crippen MR) is 132 cm³/mol. The number of pyridine rings is 1. The smallest absolute Gasteiger partial charge is 0.433 e. The Morgan fingerprint density at radius 2 is 1.92 bits per heavy atom. The number of hydrogen-bond donors (Lipinski definition) is 2. The molecule has 0 aliphatic carbocycles. The first-order chi connectivity index (χ1) is 17.7. The average Bonchev–Trinajstić information content (AvgIpc) is 3.50. The number of carbonyl (C=O) groups excluding carboxylic acids is 1. The summed E-state index contributed by atoms with van der Waals surface area (Å²) in [5.41, 5.74) is 6.13. The van der Waals surface area contributed by atoms with E-state index >= 15 is 0 Å². The SMILES string of the molecule is COc1ccc(-c2nc(C(=O)NCc3nc4ccccc4s3)c([C@H](C)N)o2)c2ccc(C(F)(F)F)nc12. The number of oxazole rings is 1. The highest BCUT2D eigenvalue weighted by molar-refractivity contribution is 7.18. The summed E-state index contributed by atoms with van der Waals surface area (Å²) < 4.78 is 51.9. The van der Waals surface area contributed by atoms with Crippen molar-refractivity contribution in [2.75, 3.05) is 7.11 Å². The Morgan fingerprint density at radius 1 is 1.14 bits per heavy atom. The molecule has 0 unspecified atom stereocenters. The van der Waals surface area contributed by atoms with Crippen LogP contribution in [0.4, 0.5) is 13.2 Å². The average molecular weight is 528 g/mol. The first kappa shape index (κ1) is 24.7. The lowest BCUT2D eigenvalue weighted by Crippen LogP contribution is -2.25. The van der Waals surface area contributed by atoms with Crippen LogP contribution in [0, 0.1) is 0 Å². The third kappa shape index (κ3) is 4.72. The third-order valence-electron chi connectivity index (χ3n) is 5.58. The topological polar surface area (TPSA) is 116 Å². The molecule has 0 radical (unpaired) electrons. The van der Waals surface area contributed by atoms with Crippen LogP contribution in [0.5, 0.6) is 5.75 Å². The standard InChI is InChI=1S/C25H20F3N5O3S/c1-12(29)22-21(23(34)30-11-19-31-15-5-3-4-6-17(15)37-19)33-24(36-22)14-7-9-16(35-2)20-13(14)8-10-18(32-20)25(26,27)28/h3-10,12H,11,29H2,1-2H3,(H,30,34)/t12-/m0/s1. The number of fused-ring (bicyclic) bond motifs is 2. The number of para-hydroxylation sites is 1. The van der Waals surface area contributed by atoms with Crippen molar-refractivity contribution in [1.82, 2.24) is 20.3 Å². The van der Waals surface area contributed by atoms with Crippen molar-refractivity contribution in [2.24, 2.45) is 5.73 Å². The monoisotopic (exact) mass is 527 g/mol. The molecule has 0 aliphatic heterocycles. The number of alkyl halides is 3. The van der Waals surface area contributed by atoms with Gasteiger partial charge in [0, 0.05) is 10.9 Å². The van der Waals surface area contributed by atoms with Gasteiger partial charge in [0.05, 0.1) is 29.9 Å². The Labute approximate surface area is 212 Å². The minimum atomic E-state index is -4.63. The van der Waals surface area contributed by atoms with Crippen molar-refractivity contribution >= 4 is 38.4 Å². The Morgan fingerprint density at radius 3 is 2.62 bits per heavy atom. The van der Waals surface area contributed by atoms with E-state index in [1.807, 2.05) is 24.3 Å². The highest BCUT2D eigenvalue weighted by atomic mass is 32.1. The molecular weight excluding hydrogens is 507 g/mol. The van der Waals surface area contributed by atoms with E-state index in [1.54, 1.807) is 13.0 Å². The summed E-state index contributed by atoms with van der Waals surface area (Å²) in [6.45, 7) is 1.81. The number of ether oxygens (including phenoxy) is 1. The number of thiazole rings is 1. The van der Waals surface area contributed by atoms with E-state index in [-0.39, 0.29) is 35.2 Å². The van der Waals surface area contributed by atoms with E-state index in [1.165, 1.54) is 30.6 Å². The van der Waals surface area contributed by atoms with E-state index in [0.717, 1.165) is 16.3 Å². The zero-order valence-electron chi connectivity index (χ0n) is 19.6. The Bertz CT molecular complexity index is 1590. The molecule has 1 atom stereocenters. The molecule has 3 aromatic heterocycles. The summed E-state index contributed by atoms with van der Waals surface area (Å²) in [6.07, 6.45) is -4.63. The quantitative estimate of drug-likeness (QED) is 0.301. The maximum absolute atomic E-state index is 13.3. The first-order valence-corrected chi connectivity index (χ1v) is 11.9. The molecule has 37 heavy (non-hydrogen) atoms. The zero-order valence-corrected chi connectivity index (χ0v) is 20.4. The second kappa shape index (κ2) is 9.45. The first-order valence-electron chi connectivity index (χ1n) is 11.1. The molecular formula is C25H20F3N5O3S. The number of carbonyl (C=O) groups is 1. The summed E-state index contributed by atoms with van der Waals surface area (Å²) in [5, 5.41) is 3.82. The normalized spacial score (nSPS) is 12.7. The van der Waals surface area contributed by atoms with Crippen LogP contribution in [0.15, 0.2) is 52.9 Å². The Balaban J connectivity index is 1.50. The maximum atomic E-state index is 13.3. The number of benzene rings is 2. The number of methoxy groups -OCH3 is 1. The van der Waals surface area contributed by atoms with Gasteiger partial charge in [0.15, 0.2) is 11.5 Å². The van der Waals surface area contributed by atoms with Gasteiger partial charge in [0.1, 0.15) is 22.0 Å². The molecule has 3 heterocycles. The lowest BCUT2D eigenvalue weighted by Gasteiger charge is -2.11. The number of hydrogen-bond acceptors (Lipinski definition) is 8. The molecule has 2 aromatic carbocycles. The Kier molecular flexibility index (Phi) is 6.30. The van der Waals surface area contributed by atoms with Crippen LogP contribution in [0.25, 0.3) is 32.6 Å². The van der Waals surface area contributed by atoms with Crippen LogP contribution >= 0.6 is 11.3 Å². The second-order valence-electron chi connectivity index (χ2n) is 8.18. The lowest BCUT2D eigenvalue weighted by molar-refractivity contribution is -0.140. The van der Waals surface area contributed by atoms with Crippen molar-refractivity contribution in [1.29, 1.82) is 0 Å². The molecule has 0 bridgehead atoms. The molecule has 8 nitrogen and oxygen atoms in total. The van der Waals surface area contributed by atoms with Crippen molar-refractivity contribution in [3.05, 3.63) is 70.7 Å². The van der Waals surface area contributed by atoms with E-state index < -0.39 is 23.8 Å². The molecule has 5 rings (SSSR count). The molecule has 0 fully saturated rings.